The Bertz CT molecular complexity index is 808. The van der Waals surface area contributed by atoms with Gasteiger partial charge >= 0.3 is 6.03 Å². The normalized spacial score (nSPS) is 16.2. The number of hydrogen-bond acceptors (Lipinski definition) is 3. The van der Waals surface area contributed by atoms with Crippen LogP contribution in [0.2, 0.25) is 0 Å². The molecule has 0 aliphatic carbocycles. The predicted molar refractivity (Wildman–Crippen MR) is 114 cm³/mol. The van der Waals surface area contributed by atoms with E-state index in [1.165, 1.54) is 5.56 Å². The van der Waals surface area contributed by atoms with E-state index in [0.29, 0.717) is 26.2 Å². The molecular weight excluding hydrogens is 366 g/mol. The summed E-state index contributed by atoms with van der Waals surface area (Å²) in [6.07, 6.45) is 1.63. The number of ether oxygens (including phenoxy) is 1. The standard InChI is InChI=1S/C23H29N3O3/c1-18-10-12-21(13-11-18)29-16-15-25(2)22(27)19-7-6-14-26(17-19)23(28)24-20-8-4-3-5-9-20/h3-5,8-13,19H,6-7,14-17H2,1-2H3,(H,24,28). The van der Waals surface area contributed by atoms with Crippen molar-refractivity contribution in [1.29, 1.82) is 0 Å². The number of likely N-dealkylation sites (N-methyl/N-ethyl adjacent to an activating group) is 1. The summed E-state index contributed by atoms with van der Waals surface area (Å²) in [7, 11) is 1.80. The van der Waals surface area contributed by atoms with E-state index in [0.717, 1.165) is 24.3 Å². The quantitative estimate of drug-likeness (QED) is 0.810. The van der Waals surface area contributed by atoms with Crippen LogP contribution in [0.15, 0.2) is 54.6 Å². The molecule has 0 bridgehead atoms. The largest absolute Gasteiger partial charge is 0.492 e. The van der Waals surface area contributed by atoms with Crippen LogP contribution in [0.1, 0.15) is 18.4 Å². The second kappa shape index (κ2) is 9.96. The number of nitrogens with one attached hydrogen (secondary N) is 1. The molecule has 0 spiro atoms. The lowest BCUT2D eigenvalue weighted by Gasteiger charge is -2.34. The van der Waals surface area contributed by atoms with Crippen molar-refractivity contribution in [3.05, 3.63) is 60.2 Å². The van der Waals surface area contributed by atoms with Crippen molar-refractivity contribution in [2.45, 2.75) is 19.8 Å². The minimum atomic E-state index is -0.172. The van der Waals surface area contributed by atoms with Crippen LogP contribution in [-0.4, -0.2) is 55.0 Å². The van der Waals surface area contributed by atoms with Gasteiger partial charge in [-0.3, -0.25) is 4.79 Å². The summed E-state index contributed by atoms with van der Waals surface area (Å²) in [4.78, 5) is 28.8. The van der Waals surface area contributed by atoms with Crippen molar-refractivity contribution in [2.24, 2.45) is 5.92 Å². The maximum atomic E-state index is 12.8. The van der Waals surface area contributed by atoms with Gasteiger partial charge in [-0.2, -0.15) is 0 Å². The number of rotatable bonds is 6. The van der Waals surface area contributed by atoms with Crippen LogP contribution < -0.4 is 10.1 Å². The highest BCUT2D eigenvalue weighted by molar-refractivity contribution is 5.90. The molecule has 1 aliphatic heterocycles. The Balaban J connectivity index is 1.46. The topological polar surface area (TPSA) is 61.9 Å². The molecule has 6 heteroatoms. The fourth-order valence-corrected chi connectivity index (χ4v) is 3.44. The Morgan fingerprint density at radius 2 is 1.86 bits per heavy atom. The number of aryl methyl sites for hydroxylation is 1. The van der Waals surface area contributed by atoms with Crippen molar-refractivity contribution < 1.29 is 14.3 Å². The molecule has 0 radical (unpaired) electrons. The summed E-state index contributed by atoms with van der Waals surface area (Å²) in [5.41, 5.74) is 1.94. The molecule has 1 N–H and O–H groups in total. The average Bonchev–Trinajstić information content (AvgIpc) is 2.75. The molecule has 6 nitrogen and oxygen atoms in total. The summed E-state index contributed by atoms with van der Waals surface area (Å²) in [6, 6.07) is 17.1. The number of likely N-dealkylation sites (tertiary alicyclic amines) is 1. The zero-order valence-electron chi connectivity index (χ0n) is 17.1. The highest BCUT2D eigenvalue weighted by atomic mass is 16.5. The first-order chi connectivity index (χ1) is 14.0. The van der Waals surface area contributed by atoms with E-state index in [9.17, 15) is 9.59 Å². The number of para-hydroxylation sites is 1. The summed E-state index contributed by atoms with van der Waals surface area (Å²) in [6.45, 7) is 4.10. The van der Waals surface area contributed by atoms with Crippen LogP contribution in [0.25, 0.3) is 0 Å². The summed E-state index contributed by atoms with van der Waals surface area (Å²) in [5, 5.41) is 2.90. The molecule has 1 atom stereocenters. The van der Waals surface area contributed by atoms with Crippen molar-refractivity contribution in [1.82, 2.24) is 9.80 Å². The van der Waals surface area contributed by atoms with E-state index in [1.54, 1.807) is 16.8 Å². The lowest BCUT2D eigenvalue weighted by molar-refractivity contribution is -0.135. The summed E-state index contributed by atoms with van der Waals surface area (Å²) >= 11 is 0. The van der Waals surface area contributed by atoms with E-state index < -0.39 is 0 Å². The molecule has 3 amide bonds. The maximum absolute atomic E-state index is 12.8. The van der Waals surface area contributed by atoms with Gasteiger partial charge in [-0.05, 0) is 44.0 Å². The van der Waals surface area contributed by atoms with Crippen molar-refractivity contribution in [3.63, 3.8) is 0 Å². The number of piperidine rings is 1. The third-order valence-electron chi connectivity index (χ3n) is 5.18. The molecule has 1 unspecified atom stereocenters. The number of urea groups is 1. The van der Waals surface area contributed by atoms with Crippen molar-refractivity contribution in [2.75, 3.05) is 38.6 Å². The van der Waals surface area contributed by atoms with E-state index >= 15 is 0 Å². The number of amides is 3. The van der Waals surface area contributed by atoms with Crippen LogP contribution in [0.5, 0.6) is 5.75 Å². The zero-order valence-corrected chi connectivity index (χ0v) is 17.1. The van der Waals surface area contributed by atoms with Gasteiger partial charge in [0.15, 0.2) is 0 Å². The first-order valence-corrected chi connectivity index (χ1v) is 10.1. The number of carbonyl (C=O) groups is 2. The van der Waals surface area contributed by atoms with Crippen LogP contribution in [0.3, 0.4) is 0 Å². The van der Waals surface area contributed by atoms with Gasteiger partial charge in [-0.1, -0.05) is 35.9 Å². The third-order valence-corrected chi connectivity index (χ3v) is 5.18. The first-order valence-electron chi connectivity index (χ1n) is 10.1. The smallest absolute Gasteiger partial charge is 0.321 e. The van der Waals surface area contributed by atoms with Crippen LogP contribution in [0, 0.1) is 12.8 Å². The highest BCUT2D eigenvalue weighted by Crippen LogP contribution is 2.20. The summed E-state index contributed by atoms with van der Waals surface area (Å²) < 4.78 is 5.73. The van der Waals surface area contributed by atoms with Crippen molar-refractivity contribution in [3.8, 4) is 5.75 Å². The molecule has 2 aromatic rings. The van der Waals surface area contributed by atoms with Gasteiger partial charge in [-0.15, -0.1) is 0 Å². The van der Waals surface area contributed by atoms with E-state index in [2.05, 4.69) is 5.32 Å². The molecule has 2 aromatic carbocycles. The molecule has 1 fully saturated rings. The van der Waals surface area contributed by atoms with Crippen molar-refractivity contribution >= 4 is 17.6 Å². The molecular formula is C23H29N3O3. The lowest BCUT2D eigenvalue weighted by Crippen LogP contribution is -2.47. The number of benzene rings is 2. The SMILES string of the molecule is Cc1ccc(OCCN(C)C(=O)C2CCCN(C(=O)Nc3ccccc3)C2)cc1. The number of hydrogen-bond donors (Lipinski definition) is 1. The fraction of sp³-hybridized carbons (Fsp3) is 0.391. The molecule has 154 valence electrons. The number of nitrogens with zero attached hydrogens (tertiary/aromatic N) is 2. The van der Waals surface area contributed by atoms with Gasteiger partial charge in [0.05, 0.1) is 12.5 Å². The monoisotopic (exact) mass is 395 g/mol. The van der Waals surface area contributed by atoms with Gasteiger partial charge in [0, 0.05) is 25.8 Å². The second-order valence-corrected chi connectivity index (χ2v) is 7.50. The van der Waals surface area contributed by atoms with Crippen LogP contribution in [-0.2, 0) is 4.79 Å². The molecule has 0 aromatic heterocycles. The summed E-state index contributed by atoms with van der Waals surface area (Å²) in [5.74, 6) is 0.697. The van der Waals surface area contributed by atoms with E-state index in [1.807, 2.05) is 61.5 Å². The molecule has 3 rings (SSSR count). The highest BCUT2D eigenvalue weighted by Gasteiger charge is 2.30. The molecule has 1 heterocycles. The van der Waals surface area contributed by atoms with Crippen LogP contribution >= 0.6 is 0 Å². The Hall–Kier alpha value is -3.02. The minimum Gasteiger partial charge on any atom is -0.492 e. The van der Waals surface area contributed by atoms with E-state index in [-0.39, 0.29) is 17.9 Å². The van der Waals surface area contributed by atoms with Gasteiger partial charge in [0.25, 0.3) is 0 Å². The molecule has 1 saturated heterocycles. The van der Waals surface area contributed by atoms with E-state index in [4.69, 9.17) is 4.74 Å². The van der Waals surface area contributed by atoms with Gasteiger partial charge in [0.1, 0.15) is 12.4 Å². The molecule has 29 heavy (non-hydrogen) atoms. The Morgan fingerprint density at radius 3 is 2.59 bits per heavy atom. The average molecular weight is 396 g/mol. The van der Waals surface area contributed by atoms with Crippen LogP contribution in [0.4, 0.5) is 10.5 Å². The number of carbonyl (C=O) groups excluding carboxylic acids is 2. The zero-order chi connectivity index (χ0) is 20.6. The van der Waals surface area contributed by atoms with Gasteiger partial charge in [-0.25, -0.2) is 4.79 Å². The first kappa shape index (κ1) is 20.7. The predicted octanol–water partition coefficient (Wildman–Crippen LogP) is 3.78. The maximum Gasteiger partial charge on any atom is 0.321 e. The minimum absolute atomic E-state index is 0.0646. The third kappa shape index (κ3) is 5.98. The fourth-order valence-electron chi connectivity index (χ4n) is 3.44. The Kier molecular flexibility index (Phi) is 7.11. The Labute approximate surface area is 172 Å². The second-order valence-electron chi connectivity index (χ2n) is 7.50. The Morgan fingerprint density at radius 1 is 1.14 bits per heavy atom. The van der Waals surface area contributed by atoms with Gasteiger partial charge < -0.3 is 19.9 Å². The number of anilines is 1. The van der Waals surface area contributed by atoms with Gasteiger partial charge in [0.2, 0.25) is 5.91 Å². The lowest BCUT2D eigenvalue weighted by atomic mass is 9.97. The molecule has 0 saturated carbocycles. The molecule has 1 aliphatic rings.